The molecule has 3 aromatic carbocycles. The molecule has 5 heteroatoms. The number of hydrogen-bond acceptors (Lipinski definition) is 4. The molecule has 0 amide bonds. The summed E-state index contributed by atoms with van der Waals surface area (Å²) in [6, 6.07) is 22.3. The molecule has 0 aliphatic carbocycles. The first-order chi connectivity index (χ1) is 13.4. The zero-order chi connectivity index (χ0) is 17.8. The van der Waals surface area contributed by atoms with E-state index in [0.717, 1.165) is 50.6 Å². The lowest BCUT2D eigenvalue weighted by molar-refractivity contribution is 0.465. The van der Waals surface area contributed by atoms with Crippen molar-refractivity contribution in [3.8, 4) is 34.3 Å². The predicted molar refractivity (Wildman–Crippen MR) is 105 cm³/mol. The second kappa shape index (κ2) is 5.45. The molecule has 0 unspecified atom stereocenters. The fourth-order valence-corrected chi connectivity index (χ4v) is 4.04. The van der Waals surface area contributed by atoms with E-state index < -0.39 is 0 Å². The summed E-state index contributed by atoms with van der Waals surface area (Å²) in [7, 11) is 0. The zero-order valence-electron chi connectivity index (χ0n) is 14.3. The second-order valence-corrected chi connectivity index (χ2v) is 6.66. The first-order valence-electron chi connectivity index (χ1n) is 8.87. The lowest BCUT2D eigenvalue weighted by Gasteiger charge is -2.33. The summed E-state index contributed by atoms with van der Waals surface area (Å²) in [5.74, 6) is 3.41. The number of fused-ring (bicyclic) bond motifs is 4. The molecule has 0 saturated heterocycles. The summed E-state index contributed by atoms with van der Waals surface area (Å²) in [4.78, 5) is 8.46. The van der Waals surface area contributed by atoms with Crippen LogP contribution >= 0.6 is 0 Å². The van der Waals surface area contributed by atoms with Crippen molar-refractivity contribution in [2.45, 2.75) is 0 Å². The Kier molecular flexibility index (Phi) is 2.94. The number of hydrogen-bond donors (Lipinski definition) is 0. The van der Waals surface area contributed by atoms with Crippen LogP contribution in [-0.4, -0.2) is 16.7 Å². The largest absolute Gasteiger partial charge is 0.458 e. The van der Waals surface area contributed by atoms with Gasteiger partial charge in [0.25, 0.3) is 6.71 Å². The first kappa shape index (κ1) is 14.6. The van der Waals surface area contributed by atoms with E-state index >= 15 is 0 Å². The molecule has 0 atom stereocenters. The topological polar surface area (TPSA) is 44.2 Å². The zero-order valence-corrected chi connectivity index (χ0v) is 14.3. The molecule has 0 fully saturated rings. The van der Waals surface area contributed by atoms with Crippen molar-refractivity contribution in [2.24, 2.45) is 0 Å². The smallest absolute Gasteiger partial charge is 0.260 e. The van der Waals surface area contributed by atoms with Crippen LogP contribution in [0.1, 0.15) is 0 Å². The van der Waals surface area contributed by atoms with Crippen LogP contribution in [0.3, 0.4) is 0 Å². The van der Waals surface area contributed by atoms with E-state index in [1.165, 1.54) is 0 Å². The maximum atomic E-state index is 6.38. The molecule has 1 aromatic heterocycles. The Morgan fingerprint density at radius 3 is 2.19 bits per heavy atom. The lowest BCUT2D eigenvalue weighted by atomic mass is 9.34. The summed E-state index contributed by atoms with van der Waals surface area (Å²) >= 11 is 0. The highest BCUT2D eigenvalue weighted by Crippen LogP contribution is 2.39. The van der Waals surface area contributed by atoms with Crippen LogP contribution in [-0.2, 0) is 0 Å². The normalized spacial score (nSPS) is 13.0. The third-order valence-electron chi connectivity index (χ3n) is 5.19. The molecule has 3 heterocycles. The first-order valence-corrected chi connectivity index (χ1v) is 8.87. The molecule has 0 bridgehead atoms. The minimum atomic E-state index is 0.0756. The van der Waals surface area contributed by atoms with Crippen molar-refractivity contribution >= 4 is 23.1 Å². The van der Waals surface area contributed by atoms with Crippen LogP contribution in [0.2, 0.25) is 0 Å². The fraction of sp³-hybridized carbons (Fsp3) is 0. The molecule has 0 saturated carbocycles. The maximum absolute atomic E-state index is 6.38. The van der Waals surface area contributed by atoms with Crippen molar-refractivity contribution in [1.82, 2.24) is 9.97 Å². The van der Waals surface area contributed by atoms with E-state index in [0.29, 0.717) is 0 Å². The molecule has 4 aromatic rings. The molecule has 4 nitrogen and oxygen atoms in total. The number of benzene rings is 3. The van der Waals surface area contributed by atoms with E-state index in [1.54, 1.807) is 12.5 Å². The van der Waals surface area contributed by atoms with Crippen molar-refractivity contribution in [2.75, 3.05) is 0 Å². The Morgan fingerprint density at radius 2 is 1.44 bits per heavy atom. The third-order valence-corrected chi connectivity index (χ3v) is 5.19. The van der Waals surface area contributed by atoms with Crippen molar-refractivity contribution in [1.29, 1.82) is 0 Å². The summed E-state index contributed by atoms with van der Waals surface area (Å²) in [5.41, 5.74) is 5.14. The molecule has 0 N–H and O–H groups in total. The molecule has 126 valence electrons. The van der Waals surface area contributed by atoms with Gasteiger partial charge in [-0.1, -0.05) is 36.4 Å². The van der Waals surface area contributed by atoms with Gasteiger partial charge in [-0.25, -0.2) is 9.97 Å². The van der Waals surface area contributed by atoms with Gasteiger partial charge in [-0.3, -0.25) is 0 Å². The standard InChI is InChI=1S/C22H13BN2O2/c1-3-7-18-15(5-1)23-16-6-2-4-8-19(16)27-22-14(17-11-12-24-13-25-17)9-10-20(26-18)21(22)23/h1-13H. The molecule has 0 radical (unpaired) electrons. The molecule has 6 rings (SSSR count). The van der Waals surface area contributed by atoms with Gasteiger partial charge in [0, 0.05) is 17.2 Å². The minimum absolute atomic E-state index is 0.0756. The monoisotopic (exact) mass is 348 g/mol. The van der Waals surface area contributed by atoms with Gasteiger partial charge in [-0.2, -0.15) is 0 Å². The van der Waals surface area contributed by atoms with Crippen LogP contribution in [0, 0.1) is 0 Å². The average molecular weight is 348 g/mol. The summed E-state index contributed by atoms with van der Waals surface area (Å²) in [6.45, 7) is 0.0756. The van der Waals surface area contributed by atoms with Crippen LogP contribution in [0.4, 0.5) is 0 Å². The predicted octanol–water partition coefficient (Wildman–Crippen LogP) is 2.87. The Labute approximate surface area is 156 Å². The number of nitrogens with zero attached hydrogens (tertiary/aromatic N) is 2. The number of rotatable bonds is 1. The minimum Gasteiger partial charge on any atom is -0.458 e. The maximum Gasteiger partial charge on any atom is 0.260 e. The molecule has 0 spiro atoms. The highest BCUT2D eigenvalue weighted by atomic mass is 16.5. The highest BCUT2D eigenvalue weighted by Gasteiger charge is 2.40. The summed E-state index contributed by atoms with van der Waals surface area (Å²) < 4.78 is 12.6. The van der Waals surface area contributed by atoms with Gasteiger partial charge in [0.2, 0.25) is 0 Å². The number of para-hydroxylation sites is 2. The van der Waals surface area contributed by atoms with Crippen LogP contribution < -0.4 is 25.9 Å². The molecule has 2 aliphatic heterocycles. The van der Waals surface area contributed by atoms with E-state index in [2.05, 4.69) is 34.2 Å². The van der Waals surface area contributed by atoms with E-state index in [1.807, 2.05) is 42.5 Å². The third kappa shape index (κ3) is 2.05. The second-order valence-electron chi connectivity index (χ2n) is 6.66. The number of aromatic nitrogens is 2. The highest BCUT2D eigenvalue weighted by molar-refractivity contribution is 6.98. The van der Waals surface area contributed by atoms with Gasteiger partial charge in [0.15, 0.2) is 0 Å². The molecule has 2 aliphatic rings. The quantitative estimate of drug-likeness (QED) is 0.429. The Bertz CT molecular complexity index is 1180. The average Bonchev–Trinajstić information content (AvgIpc) is 2.74. The molecule has 27 heavy (non-hydrogen) atoms. The Balaban J connectivity index is 1.68. The number of ether oxygens (including phenoxy) is 2. The van der Waals surface area contributed by atoms with Crippen molar-refractivity contribution in [3.05, 3.63) is 79.3 Å². The van der Waals surface area contributed by atoms with Gasteiger partial charge in [-0.05, 0) is 41.3 Å². The van der Waals surface area contributed by atoms with Gasteiger partial charge in [0.05, 0.1) is 5.69 Å². The molecular weight excluding hydrogens is 335 g/mol. The van der Waals surface area contributed by atoms with Gasteiger partial charge in [0.1, 0.15) is 29.3 Å². The van der Waals surface area contributed by atoms with Crippen LogP contribution in [0.15, 0.2) is 79.3 Å². The van der Waals surface area contributed by atoms with Crippen LogP contribution in [0.5, 0.6) is 23.0 Å². The van der Waals surface area contributed by atoms with Gasteiger partial charge < -0.3 is 9.47 Å². The van der Waals surface area contributed by atoms with Gasteiger partial charge >= 0.3 is 0 Å². The van der Waals surface area contributed by atoms with E-state index in [4.69, 9.17) is 9.47 Å². The van der Waals surface area contributed by atoms with Gasteiger partial charge in [-0.15, -0.1) is 0 Å². The van der Waals surface area contributed by atoms with E-state index in [9.17, 15) is 0 Å². The van der Waals surface area contributed by atoms with Crippen LogP contribution in [0.25, 0.3) is 11.3 Å². The molecular formula is C22H13BN2O2. The van der Waals surface area contributed by atoms with Crippen molar-refractivity contribution in [3.63, 3.8) is 0 Å². The summed E-state index contributed by atoms with van der Waals surface area (Å²) in [6.07, 6.45) is 3.30. The van der Waals surface area contributed by atoms with Crippen molar-refractivity contribution < 1.29 is 9.47 Å². The summed E-state index contributed by atoms with van der Waals surface area (Å²) in [5, 5.41) is 0. The Morgan fingerprint density at radius 1 is 0.704 bits per heavy atom. The SMILES string of the molecule is c1ccc2c(c1)Oc1ccc(-c3ccncn3)c3c1B2c1ccccc1O3. The van der Waals surface area contributed by atoms with E-state index in [-0.39, 0.29) is 6.71 Å². The lowest BCUT2D eigenvalue weighted by Crippen LogP contribution is -2.57. The fourth-order valence-electron chi connectivity index (χ4n) is 4.04. The Hall–Kier alpha value is -3.60.